The monoisotopic (exact) mass is 254 g/mol. The molecule has 1 atom stereocenters. The summed E-state index contributed by atoms with van der Waals surface area (Å²) in [6.07, 6.45) is -0.270. The molecule has 0 spiro atoms. The number of hydrogen-bond donors (Lipinski definition) is 1. The normalized spacial score (nSPS) is 11.9. The van der Waals surface area contributed by atoms with E-state index in [1.165, 1.54) is 14.2 Å². The van der Waals surface area contributed by atoms with Crippen LogP contribution in [0.5, 0.6) is 11.5 Å². The third-order valence-electron chi connectivity index (χ3n) is 2.44. The minimum atomic E-state index is -1.04. The second-order valence-corrected chi connectivity index (χ2v) is 3.70. The average molecular weight is 254 g/mol. The number of rotatable bonds is 7. The molecule has 0 amide bonds. The van der Waals surface area contributed by atoms with E-state index in [1.54, 1.807) is 18.2 Å². The summed E-state index contributed by atoms with van der Waals surface area (Å²) in [5, 5.41) is 9.19. The van der Waals surface area contributed by atoms with Crippen molar-refractivity contribution in [2.24, 2.45) is 0 Å². The van der Waals surface area contributed by atoms with Crippen LogP contribution in [0.2, 0.25) is 0 Å². The van der Waals surface area contributed by atoms with Crippen LogP contribution in [-0.4, -0.2) is 31.9 Å². The average Bonchev–Trinajstić information content (AvgIpc) is 2.38. The minimum Gasteiger partial charge on any atom is -0.497 e. The van der Waals surface area contributed by atoms with Crippen LogP contribution in [-0.2, 0) is 9.53 Å². The van der Waals surface area contributed by atoms with Gasteiger partial charge in [0.2, 0.25) is 0 Å². The van der Waals surface area contributed by atoms with E-state index in [0.29, 0.717) is 23.7 Å². The Morgan fingerprint density at radius 2 is 2.06 bits per heavy atom. The van der Waals surface area contributed by atoms with Crippen molar-refractivity contribution in [3.63, 3.8) is 0 Å². The van der Waals surface area contributed by atoms with E-state index in [9.17, 15) is 9.90 Å². The van der Waals surface area contributed by atoms with E-state index in [2.05, 4.69) is 0 Å². The third-order valence-corrected chi connectivity index (χ3v) is 2.44. The van der Waals surface area contributed by atoms with Gasteiger partial charge in [0.05, 0.1) is 14.2 Å². The van der Waals surface area contributed by atoms with E-state index in [-0.39, 0.29) is 0 Å². The summed E-state index contributed by atoms with van der Waals surface area (Å²) in [6, 6.07) is 4.97. The summed E-state index contributed by atoms with van der Waals surface area (Å²) in [4.78, 5) is 11.2. The van der Waals surface area contributed by atoms with E-state index in [1.807, 2.05) is 6.92 Å². The van der Waals surface area contributed by atoms with E-state index in [4.69, 9.17) is 14.2 Å². The third kappa shape index (κ3) is 3.37. The fraction of sp³-hybridized carbons (Fsp3) is 0.462. The Balaban J connectivity index is 3.06. The van der Waals surface area contributed by atoms with Gasteiger partial charge in [-0.25, -0.2) is 4.79 Å². The lowest BCUT2D eigenvalue weighted by Crippen LogP contribution is -2.16. The van der Waals surface area contributed by atoms with Crippen LogP contribution >= 0.6 is 0 Å². The lowest BCUT2D eigenvalue weighted by molar-refractivity contribution is -0.151. The number of ether oxygens (including phenoxy) is 3. The molecule has 1 N–H and O–H groups in total. The topological polar surface area (TPSA) is 65.0 Å². The summed E-state index contributed by atoms with van der Waals surface area (Å²) in [6.45, 7) is 2.30. The van der Waals surface area contributed by atoms with Crippen LogP contribution in [0.25, 0.3) is 0 Å². The SMILES string of the molecule is CCCOC(C(=O)O)c1ccc(OC)cc1OC. The highest BCUT2D eigenvalue weighted by atomic mass is 16.5. The summed E-state index contributed by atoms with van der Waals surface area (Å²) < 4.78 is 15.6. The van der Waals surface area contributed by atoms with Crippen molar-refractivity contribution in [1.29, 1.82) is 0 Å². The van der Waals surface area contributed by atoms with Crippen molar-refractivity contribution in [3.05, 3.63) is 23.8 Å². The van der Waals surface area contributed by atoms with Gasteiger partial charge >= 0.3 is 5.97 Å². The highest BCUT2D eigenvalue weighted by Gasteiger charge is 2.24. The molecule has 5 heteroatoms. The molecule has 0 saturated carbocycles. The summed E-state index contributed by atoms with van der Waals surface area (Å²) >= 11 is 0. The van der Waals surface area contributed by atoms with Gasteiger partial charge in [-0.2, -0.15) is 0 Å². The van der Waals surface area contributed by atoms with Gasteiger partial charge in [-0.15, -0.1) is 0 Å². The lowest BCUT2D eigenvalue weighted by Gasteiger charge is -2.17. The van der Waals surface area contributed by atoms with Gasteiger partial charge in [-0.1, -0.05) is 6.92 Å². The maximum Gasteiger partial charge on any atom is 0.337 e. The van der Waals surface area contributed by atoms with Crippen molar-refractivity contribution < 1.29 is 24.1 Å². The first kappa shape index (κ1) is 14.3. The molecule has 100 valence electrons. The molecule has 0 bridgehead atoms. The van der Waals surface area contributed by atoms with E-state index >= 15 is 0 Å². The van der Waals surface area contributed by atoms with Crippen molar-refractivity contribution in [1.82, 2.24) is 0 Å². The summed E-state index contributed by atoms with van der Waals surface area (Å²) in [5.74, 6) is 0.0139. The zero-order valence-corrected chi connectivity index (χ0v) is 10.8. The predicted molar refractivity (Wildman–Crippen MR) is 66.2 cm³/mol. The predicted octanol–water partition coefficient (Wildman–Crippen LogP) is 2.26. The number of carboxylic acid groups (broad SMARTS) is 1. The Kier molecular flexibility index (Phi) is 5.45. The summed E-state index contributed by atoms with van der Waals surface area (Å²) in [7, 11) is 3.02. The van der Waals surface area contributed by atoms with Crippen LogP contribution in [0.4, 0.5) is 0 Å². The van der Waals surface area contributed by atoms with Gasteiger partial charge in [0.25, 0.3) is 0 Å². The number of hydrogen-bond acceptors (Lipinski definition) is 4. The second-order valence-electron chi connectivity index (χ2n) is 3.70. The van der Waals surface area contributed by atoms with Crippen molar-refractivity contribution >= 4 is 5.97 Å². The molecule has 0 aliphatic carbocycles. The quantitative estimate of drug-likeness (QED) is 0.808. The molecule has 0 saturated heterocycles. The number of benzene rings is 1. The molecular formula is C13H18O5. The van der Waals surface area contributed by atoms with E-state index < -0.39 is 12.1 Å². The van der Waals surface area contributed by atoms with Crippen LogP contribution in [0, 0.1) is 0 Å². The highest BCUT2D eigenvalue weighted by molar-refractivity contribution is 5.75. The van der Waals surface area contributed by atoms with Gasteiger partial charge < -0.3 is 19.3 Å². The fourth-order valence-corrected chi connectivity index (χ4v) is 1.56. The molecule has 1 rings (SSSR count). The molecule has 1 unspecified atom stereocenters. The minimum absolute atomic E-state index is 0.381. The Hall–Kier alpha value is -1.75. The Bertz CT molecular complexity index is 402. The largest absolute Gasteiger partial charge is 0.497 e. The fourth-order valence-electron chi connectivity index (χ4n) is 1.56. The second kappa shape index (κ2) is 6.86. The molecule has 0 heterocycles. The van der Waals surface area contributed by atoms with Crippen molar-refractivity contribution in [3.8, 4) is 11.5 Å². The van der Waals surface area contributed by atoms with Crippen LogP contribution < -0.4 is 9.47 Å². The van der Waals surface area contributed by atoms with E-state index in [0.717, 1.165) is 6.42 Å². The lowest BCUT2D eigenvalue weighted by atomic mass is 10.1. The number of carboxylic acids is 1. The van der Waals surface area contributed by atoms with Gasteiger partial charge in [0, 0.05) is 18.2 Å². The Morgan fingerprint density at radius 3 is 2.56 bits per heavy atom. The standard InChI is InChI=1S/C13H18O5/c1-4-7-18-12(13(14)15)10-6-5-9(16-2)8-11(10)17-3/h5-6,8,12H,4,7H2,1-3H3,(H,14,15). The molecule has 0 aliphatic heterocycles. The van der Waals surface area contributed by atoms with Gasteiger partial charge in [-0.05, 0) is 18.6 Å². The Morgan fingerprint density at radius 1 is 1.33 bits per heavy atom. The molecule has 1 aromatic rings. The highest BCUT2D eigenvalue weighted by Crippen LogP contribution is 2.31. The molecule has 1 aromatic carbocycles. The van der Waals surface area contributed by atoms with Gasteiger partial charge in [0.1, 0.15) is 11.5 Å². The van der Waals surface area contributed by atoms with Crippen LogP contribution in [0.1, 0.15) is 25.0 Å². The zero-order valence-electron chi connectivity index (χ0n) is 10.8. The first-order valence-corrected chi connectivity index (χ1v) is 5.70. The van der Waals surface area contributed by atoms with Crippen LogP contribution in [0.3, 0.4) is 0 Å². The smallest absolute Gasteiger partial charge is 0.337 e. The van der Waals surface area contributed by atoms with Gasteiger partial charge in [-0.3, -0.25) is 0 Å². The number of methoxy groups -OCH3 is 2. The van der Waals surface area contributed by atoms with Crippen molar-refractivity contribution in [2.75, 3.05) is 20.8 Å². The van der Waals surface area contributed by atoms with Gasteiger partial charge in [0.15, 0.2) is 6.10 Å². The molecular weight excluding hydrogens is 236 g/mol. The molecule has 0 aliphatic rings. The molecule has 0 fully saturated rings. The number of aliphatic carboxylic acids is 1. The molecule has 18 heavy (non-hydrogen) atoms. The maximum atomic E-state index is 11.2. The number of carbonyl (C=O) groups is 1. The first-order valence-electron chi connectivity index (χ1n) is 5.70. The zero-order chi connectivity index (χ0) is 13.5. The molecule has 5 nitrogen and oxygen atoms in total. The Labute approximate surface area is 106 Å². The van der Waals surface area contributed by atoms with Crippen molar-refractivity contribution in [2.45, 2.75) is 19.4 Å². The first-order chi connectivity index (χ1) is 8.63. The molecule has 0 aromatic heterocycles. The summed E-state index contributed by atoms with van der Waals surface area (Å²) in [5.41, 5.74) is 0.485. The molecule has 0 radical (unpaired) electrons. The van der Waals surface area contributed by atoms with Crippen LogP contribution in [0.15, 0.2) is 18.2 Å². The maximum absolute atomic E-state index is 11.2.